The van der Waals surface area contributed by atoms with Crippen LogP contribution < -0.4 is 5.32 Å². The Morgan fingerprint density at radius 3 is 2.79 bits per heavy atom. The Hall–Kier alpha value is -2.26. The van der Waals surface area contributed by atoms with Gasteiger partial charge < -0.3 is 9.88 Å². The number of benzene rings is 2. The van der Waals surface area contributed by atoms with Gasteiger partial charge in [-0.1, -0.05) is 35.9 Å². The molecule has 1 aromatic heterocycles. The molecule has 1 amide bonds. The third kappa shape index (κ3) is 3.80. The maximum absolute atomic E-state index is 12.1. The highest BCUT2D eigenvalue weighted by molar-refractivity contribution is 6.30. The van der Waals surface area contributed by atoms with Crippen LogP contribution in [0.4, 0.5) is 0 Å². The molecule has 1 heterocycles. The standard InChI is InChI=1S/C20H21ClN2O/c1-2-23-12-11-18-16(6-4-8-19(18)23)9-10-20(24)22-14-15-5-3-7-17(21)13-15/h3-8,11-13H,2,9-10,14H2,1H3,(H,22,24). The minimum absolute atomic E-state index is 0.0573. The molecular formula is C20H21ClN2O. The number of nitrogens with one attached hydrogen (secondary N) is 1. The van der Waals surface area contributed by atoms with E-state index in [0.717, 1.165) is 18.5 Å². The minimum atomic E-state index is 0.0573. The van der Waals surface area contributed by atoms with E-state index in [2.05, 4.69) is 47.3 Å². The van der Waals surface area contributed by atoms with E-state index in [9.17, 15) is 4.79 Å². The van der Waals surface area contributed by atoms with Crippen molar-refractivity contribution in [3.63, 3.8) is 0 Å². The first kappa shape index (κ1) is 16.6. The number of carbonyl (C=O) groups is 1. The summed E-state index contributed by atoms with van der Waals surface area (Å²) in [7, 11) is 0. The molecule has 2 aromatic carbocycles. The Morgan fingerprint density at radius 1 is 1.17 bits per heavy atom. The molecular weight excluding hydrogens is 320 g/mol. The summed E-state index contributed by atoms with van der Waals surface area (Å²) in [4.78, 5) is 12.1. The van der Waals surface area contributed by atoms with Crippen LogP contribution in [0, 0.1) is 0 Å². The fourth-order valence-electron chi connectivity index (χ4n) is 2.97. The third-order valence-electron chi connectivity index (χ3n) is 4.24. The molecule has 0 saturated carbocycles. The molecule has 124 valence electrons. The van der Waals surface area contributed by atoms with Gasteiger partial charge in [0.05, 0.1) is 0 Å². The lowest BCUT2D eigenvalue weighted by Crippen LogP contribution is -2.23. The molecule has 0 aliphatic heterocycles. The van der Waals surface area contributed by atoms with Gasteiger partial charge in [-0.05, 0) is 48.7 Å². The molecule has 3 nitrogen and oxygen atoms in total. The molecule has 3 aromatic rings. The molecule has 0 spiro atoms. The van der Waals surface area contributed by atoms with E-state index >= 15 is 0 Å². The Bertz CT molecular complexity index is 854. The normalized spacial score (nSPS) is 10.9. The van der Waals surface area contributed by atoms with Gasteiger partial charge in [0, 0.05) is 41.6 Å². The number of amides is 1. The lowest BCUT2D eigenvalue weighted by molar-refractivity contribution is -0.121. The van der Waals surface area contributed by atoms with E-state index in [1.54, 1.807) is 0 Å². The summed E-state index contributed by atoms with van der Waals surface area (Å²) in [5.74, 6) is 0.0573. The second-order valence-electron chi connectivity index (χ2n) is 5.86. The van der Waals surface area contributed by atoms with E-state index in [-0.39, 0.29) is 5.91 Å². The van der Waals surface area contributed by atoms with E-state index in [1.165, 1.54) is 16.5 Å². The quantitative estimate of drug-likeness (QED) is 0.701. The fraction of sp³-hybridized carbons (Fsp3) is 0.250. The van der Waals surface area contributed by atoms with Gasteiger partial charge in [0.2, 0.25) is 5.91 Å². The summed E-state index contributed by atoms with van der Waals surface area (Å²) in [6.45, 7) is 3.60. The van der Waals surface area contributed by atoms with Gasteiger partial charge >= 0.3 is 0 Å². The molecule has 0 saturated heterocycles. The number of fused-ring (bicyclic) bond motifs is 1. The molecule has 0 unspecified atom stereocenters. The highest BCUT2D eigenvalue weighted by Crippen LogP contribution is 2.21. The zero-order valence-corrected chi connectivity index (χ0v) is 14.5. The number of carbonyl (C=O) groups excluding carboxylic acids is 1. The van der Waals surface area contributed by atoms with Crippen LogP contribution in [-0.4, -0.2) is 10.5 Å². The number of nitrogens with zero attached hydrogens (tertiary/aromatic N) is 1. The summed E-state index contributed by atoms with van der Waals surface area (Å²) in [6.07, 6.45) is 3.33. The van der Waals surface area contributed by atoms with Crippen LogP contribution in [0.5, 0.6) is 0 Å². The largest absolute Gasteiger partial charge is 0.352 e. The molecule has 1 N–H and O–H groups in total. The van der Waals surface area contributed by atoms with Crippen LogP contribution in [0.25, 0.3) is 10.9 Å². The monoisotopic (exact) mass is 340 g/mol. The predicted molar refractivity (Wildman–Crippen MR) is 99.2 cm³/mol. The smallest absolute Gasteiger partial charge is 0.220 e. The van der Waals surface area contributed by atoms with Crippen LogP contribution in [0.15, 0.2) is 54.7 Å². The van der Waals surface area contributed by atoms with Crippen molar-refractivity contribution in [3.8, 4) is 0 Å². The number of hydrogen-bond acceptors (Lipinski definition) is 1. The van der Waals surface area contributed by atoms with Crippen LogP contribution in [-0.2, 0) is 24.3 Å². The van der Waals surface area contributed by atoms with Crippen molar-refractivity contribution in [3.05, 3.63) is 70.9 Å². The van der Waals surface area contributed by atoms with Crippen molar-refractivity contribution >= 4 is 28.4 Å². The number of hydrogen-bond donors (Lipinski definition) is 1. The number of aromatic nitrogens is 1. The van der Waals surface area contributed by atoms with Crippen molar-refractivity contribution < 1.29 is 4.79 Å². The molecule has 0 atom stereocenters. The third-order valence-corrected chi connectivity index (χ3v) is 4.48. The summed E-state index contributed by atoms with van der Waals surface area (Å²) in [5, 5.41) is 4.88. The molecule has 3 rings (SSSR count). The van der Waals surface area contributed by atoms with E-state index in [4.69, 9.17) is 11.6 Å². The molecule has 4 heteroatoms. The predicted octanol–water partition coefficient (Wildman–Crippen LogP) is 4.56. The molecule has 24 heavy (non-hydrogen) atoms. The van der Waals surface area contributed by atoms with Gasteiger partial charge in [0.25, 0.3) is 0 Å². The van der Waals surface area contributed by atoms with Gasteiger partial charge in [-0.3, -0.25) is 4.79 Å². The van der Waals surface area contributed by atoms with Crippen molar-refractivity contribution in [2.24, 2.45) is 0 Å². The maximum Gasteiger partial charge on any atom is 0.220 e. The van der Waals surface area contributed by atoms with Gasteiger partial charge in [-0.25, -0.2) is 0 Å². The maximum atomic E-state index is 12.1. The topological polar surface area (TPSA) is 34.0 Å². The average molecular weight is 341 g/mol. The average Bonchev–Trinajstić information content (AvgIpc) is 3.02. The highest BCUT2D eigenvalue weighted by atomic mass is 35.5. The Labute approximate surface area is 147 Å². The zero-order chi connectivity index (χ0) is 16.9. The van der Waals surface area contributed by atoms with Crippen LogP contribution >= 0.6 is 11.6 Å². The Morgan fingerprint density at radius 2 is 2.00 bits per heavy atom. The van der Waals surface area contributed by atoms with E-state index < -0.39 is 0 Å². The molecule has 0 aliphatic rings. The van der Waals surface area contributed by atoms with E-state index in [0.29, 0.717) is 18.0 Å². The van der Waals surface area contributed by atoms with Crippen molar-refractivity contribution in [2.45, 2.75) is 32.9 Å². The van der Waals surface area contributed by atoms with Gasteiger partial charge in [0.1, 0.15) is 0 Å². The van der Waals surface area contributed by atoms with E-state index in [1.807, 2.05) is 24.3 Å². The zero-order valence-electron chi connectivity index (χ0n) is 13.8. The first-order chi connectivity index (χ1) is 11.7. The molecule has 0 radical (unpaired) electrons. The minimum Gasteiger partial charge on any atom is -0.352 e. The SMILES string of the molecule is CCn1ccc2c(CCC(=O)NCc3cccc(Cl)c3)cccc21. The lowest BCUT2D eigenvalue weighted by atomic mass is 10.0. The van der Waals surface area contributed by atoms with Gasteiger partial charge in [-0.2, -0.15) is 0 Å². The molecule has 0 bridgehead atoms. The fourth-order valence-corrected chi connectivity index (χ4v) is 3.18. The lowest BCUT2D eigenvalue weighted by Gasteiger charge is -2.07. The molecule has 0 aliphatic carbocycles. The summed E-state index contributed by atoms with van der Waals surface area (Å²) in [5.41, 5.74) is 3.46. The number of halogens is 1. The molecule has 0 fully saturated rings. The summed E-state index contributed by atoms with van der Waals surface area (Å²) in [6, 6.07) is 16.0. The second kappa shape index (κ2) is 7.54. The highest BCUT2D eigenvalue weighted by Gasteiger charge is 2.07. The Balaban J connectivity index is 1.59. The van der Waals surface area contributed by atoms with Gasteiger partial charge in [0.15, 0.2) is 0 Å². The van der Waals surface area contributed by atoms with Crippen molar-refractivity contribution in [1.82, 2.24) is 9.88 Å². The number of rotatable bonds is 6. The van der Waals surface area contributed by atoms with Crippen LogP contribution in [0.3, 0.4) is 0 Å². The van der Waals surface area contributed by atoms with Crippen molar-refractivity contribution in [1.29, 1.82) is 0 Å². The first-order valence-corrected chi connectivity index (χ1v) is 8.63. The van der Waals surface area contributed by atoms with Gasteiger partial charge in [-0.15, -0.1) is 0 Å². The summed E-state index contributed by atoms with van der Waals surface area (Å²) < 4.78 is 2.22. The van der Waals surface area contributed by atoms with Crippen molar-refractivity contribution in [2.75, 3.05) is 0 Å². The van der Waals surface area contributed by atoms with Crippen LogP contribution in [0.1, 0.15) is 24.5 Å². The summed E-state index contributed by atoms with van der Waals surface area (Å²) >= 11 is 5.96. The second-order valence-corrected chi connectivity index (χ2v) is 6.29. The number of aryl methyl sites for hydroxylation is 2. The first-order valence-electron chi connectivity index (χ1n) is 8.25. The van der Waals surface area contributed by atoms with Crippen LogP contribution in [0.2, 0.25) is 5.02 Å². The Kier molecular flexibility index (Phi) is 5.21.